The van der Waals surface area contributed by atoms with Crippen LogP contribution in [0.4, 0.5) is 8.78 Å². The van der Waals surface area contributed by atoms with E-state index in [-0.39, 0.29) is 34.6 Å². The zero-order chi connectivity index (χ0) is 18.8. The van der Waals surface area contributed by atoms with Crippen LogP contribution in [-0.4, -0.2) is 57.4 Å². The summed E-state index contributed by atoms with van der Waals surface area (Å²) in [5.74, 6) is -0.710. The molecule has 1 unspecified atom stereocenters. The van der Waals surface area contributed by atoms with E-state index in [1.807, 2.05) is 0 Å². The summed E-state index contributed by atoms with van der Waals surface area (Å²) < 4.78 is 53.3. The molecule has 2 rings (SSSR count). The zero-order valence-electron chi connectivity index (χ0n) is 13.8. The predicted octanol–water partition coefficient (Wildman–Crippen LogP) is 1.71. The van der Waals surface area contributed by atoms with Crippen LogP contribution in [0.1, 0.15) is 24.2 Å². The van der Waals surface area contributed by atoms with Gasteiger partial charge in [-0.3, -0.25) is 4.79 Å². The minimum absolute atomic E-state index is 0.0139. The smallest absolute Gasteiger partial charge is 0.259 e. The minimum Gasteiger partial charge on any atom is -0.327 e. The molecule has 1 aromatic rings. The van der Waals surface area contributed by atoms with Gasteiger partial charge in [-0.15, -0.1) is 0 Å². The molecule has 0 spiro atoms. The Morgan fingerprint density at radius 1 is 1.40 bits per heavy atom. The number of halogens is 3. The number of hydrogen-bond donors (Lipinski definition) is 2. The van der Waals surface area contributed by atoms with Crippen LogP contribution in [0.25, 0.3) is 0 Å². The molecule has 1 atom stereocenters. The fourth-order valence-electron chi connectivity index (χ4n) is 2.57. The van der Waals surface area contributed by atoms with Crippen molar-refractivity contribution >= 4 is 27.5 Å². The van der Waals surface area contributed by atoms with Gasteiger partial charge in [-0.05, 0) is 32.0 Å². The number of benzene rings is 1. The Labute approximate surface area is 150 Å². The van der Waals surface area contributed by atoms with Crippen LogP contribution in [0.15, 0.2) is 23.1 Å². The highest BCUT2D eigenvalue weighted by atomic mass is 35.5. The van der Waals surface area contributed by atoms with Gasteiger partial charge in [-0.2, -0.15) is 0 Å². The molecule has 0 radical (unpaired) electrons. The number of carbonyl (C=O) groups is 1. The number of rotatable bonds is 5. The third-order valence-electron chi connectivity index (χ3n) is 3.70. The van der Waals surface area contributed by atoms with Crippen LogP contribution in [0.5, 0.6) is 0 Å². The quantitative estimate of drug-likeness (QED) is 0.795. The molecule has 6 nitrogen and oxygen atoms in total. The standard InChI is InChI=1S/C15H20ClF2N3O3S/c1-9(2)20-25(23,24)10-3-4-12(16)11(7-10)15(22)21-6-5-19-8-13(21)14(17)18/h3-4,7,9,13-14,19-20H,5-6,8H2,1-2H3. The second-order valence-electron chi connectivity index (χ2n) is 6.02. The van der Waals surface area contributed by atoms with Crippen molar-refractivity contribution in [2.24, 2.45) is 0 Å². The fourth-order valence-corrected chi connectivity index (χ4v) is 4.05. The molecule has 2 N–H and O–H groups in total. The molecule has 1 saturated heterocycles. The van der Waals surface area contributed by atoms with Gasteiger partial charge in [-0.1, -0.05) is 11.6 Å². The van der Waals surface area contributed by atoms with Crippen LogP contribution in [0, 0.1) is 0 Å². The van der Waals surface area contributed by atoms with Crippen LogP contribution < -0.4 is 10.0 Å². The van der Waals surface area contributed by atoms with E-state index in [1.54, 1.807) is 13.8 Å². The molecule has 0 saturated carbocycles. The number of alkyl halides is 2. The van der Waals surface area contributed by atoms with Crippen molar-refractivity contribution in [1.29, 1.82) is 0 Å². The van der Waals surface area contributed by atoms with E-state index in [9.17, 15) is 22.0 Å². The molecule has 1 fully saturated rings. The molecule has 10 heteroatoms. The summed E-state index contributed by atoms with van der Waals surface area (Å²) in [4.78, 5) is 13.6. The molecular weight excluding hydrogens is 376 g/mol. The topological polar surface area (TPSA) is 78.5 Å². The number of amides is 1. The first kappa shape index (κ1) is 20.0. The van der Waals surface area contributed by atoms with Crippen LogP contribution in [0.3, 0.4) is 0 Å². The van der Waals surface area contributed by atoms with E-state index in [0.717, 1.165) is 11.0 Å². The number of nitrogens with zero attached hydrogens (tertiary/aromatic N) is 1. The van der Waals surface area contributed by atoms with Crippen molar-refractivity contribution in [3.05, 3.63) is 28.8 Å². The number of carbonyl (C=O) groups excluding carboxylic acids is 1. The van der Waals surface area contributed by atoms with Gasteiger partial charge in [0.25, 0.3) is 12.3 Å². The first-order chi connectivity index (χ1) is 11.6. The van der Waals surface area contributed by atoms with Crippen molar-refractivity contribution < 1.29 is 22.0 Å². The summed E-state index contributed by atoms with van der Waals surface area (Å²) >= 11 is 6.03. The van der Waals surface area contributed by atoms with Gasteiger partial charge in [0.1, 0.15) is 6.04 Å². The number of hydrogen-bond acceptors (Lipinski definition) is 4. The van der Waals surface area contributed by atoms with Crippen molar-refractivity contribution in [3.63, 3.8) is 0 Å². The van der Waals surface area contributed by atoms with Crippen LogP contribution in [0.2, 0.25) is 5.02 Å². The van der Waals surface area contributed by atoms with Gasteiger partial charge in [0, 0.05) is 25.7 Å². The second-order valence-corrected chi connectivity index (χ2v) is 8.14. The molecule has 1 aromatic carbocycles. The van der Waals surface area contributed by atoms with Crippen molar-refractivity contribution in [3.8, 4) is 0 Å². The lowest BCUT2D eigenvalue weighted by atomic mass is 10.1. The Kier molecular flexibility index (Phi) is 6.36. The molecule has 1 aliphatic rings. The van der Waals surface area contributed by atoms with Crippen molar-refractivity contribution in [2.45, 2.75) is 37.3 Å². The molecule has 1 amide bonds. The average molecular weight is 396 g/mol. The highest BCUT2D eigenvalue weighted by Crippen LogP contribution is 2.24. The molecule has 1 heterocycles. The molecule has 0 bridgehead atoms. The SMILES string of the molecule is CC(C)NS(=O)(=O)c1ccc(Cl)c(C(=O)N2CCNCC2C(F)F)c1. The normalized spacial score (nSPS) is 18.8. The van der Waals surface area contributed by atoms with E-state index >= 15 is 0 Å². The summed E-state index contributed by atoms with van der Waals surface area (Å²) in [5.41, 5.74) is -0.110. The van der Waals surface area contributed by atoms with Gasteiger partial charge >= 0.3 is 0 Å². The average Bonchev–Trinajstić information content (AvgIpc) is 2.53. The van der Waals surface area contributed by atoms with Gasteiger partial charge < -0.3 is 10.2 Å². The molecule has 1 aliphatic heterocycles. The summed E-state index contributed by atoms with van der Waals surface area (Å²) in [5, 5.41) is 2.83. The highest BCUT2D eigenvalue weighted by Gasteiger charge is 2.34. The van der Waals surface area contributed by atoms with Gasteiger partial charge in [-0.25, -0.2) is 21.9 Å². The second kappa shape index (κ2) is 7.94. The Morgan fingerprint density at radius 3 is 2.68 bits per heavy atom. The molecule has 140 valence electrons. The van der Waals surface area contributed by atoms with Crippen molar-refractivity contribution in [1.82, 2.24) is 14.9 Å². The first-order valence-corrected chi connectivity index (χ1v) is 9.61. The highest BCUT2D eigenvalue weighted by molar-refractivity contribution is 7.89. The predicted molar refractivity (Wildman–Crippen MR) is 90.6 cm³/mol. The first-order valence-electron chi connectivity index (χ1n) is 7.75. The lowest BCUT2D eigenvalue weighted by Gasteiger charge is -2.35. The van der Waals surface area contributed by atoms with Gasteiger partial charge in [0.2, 0.25) is 10.0 Å². The fraction of sp³-hybridized carbons (Fsp3) is 0.533. The largest absolute Gasteiger partial charge is 0.327 e. The summed E-state index contributed by atoms with van der Waals surface area (Å²) in [6.07, 6.45) is -2.72. The third kappa shape index (κ3) is 4.66. The minimum atomic E-state index is -3.83. The molecule has 0 aromatic heterocycles. The van der Waals surface area contributed by atoms with E-state index in [0.29, 0.717) is 6.54 Å². The Bertz CT molecular complexity index is 744. The summed E-state index contributed by atoms with van der Waals surface area (Å²) in [7, 11) is -3.83. The number of sulfonamides is 1. The molecule has 25 heavy (non-hydrogen) atoms. The van der Waals surface area contributed by atoms with E-state index in [2.05, 4.69) is 10.0 Å². The van der Waals surface area contributed by atoms with E-state index in [4.69, 9.17) is 11.6 Å². The Hall–Kier alpha value is -1.29. The molecule has 0 aliphatic carbocycles. The summed E-state index contributed by atoms with van der Waals surface area (Å²) in [6, 6.07) is 2.05. The van der Waals surface area contributed by atoms with E-state index < -0.39 is 28.4 Å². The maximum atomic E-state index is 13.2. The van der Waals surface area contributed by atoms with E-state index in [1.165, 1.54) is 12.1 Å². The maximum Gasteiger partial charge on any atom is 0.259 e. The number of nitrogens with one attached hydrogen (secondary N) is 2. The lowest BCUT2D eigenvalue weighted by molar-refractivity contribution is 0.0126. The monoisotopic (exact) mass is 395 g/mol. The Morgan fingerprint density at radius 2 is 2.08 bits per heavy atom. The number of piperazine rings is 1. The maximum absolute atomic E-state index is 13.2. The Balaban J connectivity index is 2.38. The van der Waals surface area contributed by atoms with Crippen LogP contribution in [-0.2, 0) is 10.0 Å². The van der Waals surface area contributed by atoms with Crippen molar-refractivity contribution in [2.75, 3.05) is 19.6 Å². The third-order valence-corrected chi connectivity index (χ3v) is 5.69. The lowest BCUT2D eigenvalue weighted by Crippen LogP contribution is -2.56. The zero-order valence-corrected chi connectivity index (χ0v) is 15.4. The molecular formula is C15H20ClF2N3O3S. The van der Waals surface area contributed by atoms with Crippen LogP contribution >= 0.6 is 11.6 Å². The van der Waals surface area contributed by atoms with Gasteiger partial charge in [0.15, 0.2) is 0 Å². The van der Waals surface area contributed by atoms with Gasteiger partial charge in [0.05, 0.1) is 15.5 Å². The summed E-state index contributed by atoms with van der Waals surface area (Å²) in [6.45, 7) is 3.75.